The molecular weight excluding hydrogens is 242 g/mol. The number of carbonyl (C=O) groups is 1. The third-order valence-electron chi connectivity index (χ3n) is 2.75. The van der Waals surface area contributed by atoms with Crippen LogP contribution < -0.4 is 10.5 Å². The smallest absolute Gasteiger partial charge is 0.337 e. The maximum absolute atomic E-state index is 11.3. The molecule has 0 aliphatic heterocycles. The Hall–Kier alpha value is -2.49. The highest BCUT2D eigenvalue weighted by Crippen LogP contribution is 2.25. The van der Waals surface area contributed by atoms with Crippen LogP contribution in [0.25, 0.3) is 0 Å². The van der Waals surface area contributed by atoms with E-state index in [9.17, 15) is 4.79 Å². The molecule has 0 spiro atoms. The van der Waals surface area contributed by atoms with Crippen LogP contribution in [-0.2, 0) is 4.74 Å². The Morgan fingerprint density at radius 1 is 1.05 bits per heavy atom. The van der Waals surface area contributed by atoms with Gasteiger partial charge in [0.25, 0.3) is 0 Å². The first-order valence-corrected chi connectivity index (χ1v) is 5.82. The minimum absolute atomic E-state index is 0.366. The number of methoxy groups -OCH3 is 1. The minimum atomic E-state index is -0.366. The number of hydrogen-bond donors (Lipinski definition) is 1. The van der Waals surface area contributed by atoms with Crippen LogP contribution in [-0.4, -0.2) is 13.1 Å². The van der Waals surface area contributed by atoms with Gasteiger partial charge >= 0.3 is 5.97 Å². The number of benzene rings is 2. The number of esters is 1. The van der Waals surface area contributed by atoms with Crippen LogP contribution in [0.15, 0.2) is 42.5 Å². The standard InChI is InChI=1S/C15H15NO3/c1-10-9-13(7-8-14(10)16)19-12-5-3-11(4-6-12)15(17)18-2/h3-9H,16H2,1-2H3. The summed E-state index contributed by atoms with van der Waals surface area (Å²) in [5, 5.41) is 0. The van der Waals surface area contributed by atoms with Crippen molar-refractivity contribution in [2.75, 3.05) is 12.8 Å². The first-order chi connectivity index (χ1) is 9.10. The summed E-state index contributed by atoms with van der Waals surface area (Å²) in [6.45, 7) is 1.92. The van der Waals surface area contributed by atoms with Crippen molar-refractivity contribution in [1.82, 2.24) is 0 Å². The fourth-order valence-electron chi connectivity index (χ4n) is 1.62. The minimum Gasteiger partial charge on any atom is -0.465 e. The number of hydrogen-bond acceptors (Lipinski definition) is 4. The lowest BCUT2D eigenvalue weighted by atomic mass is 10.2. The second-order valence-corrected chi connectivity index (χ2v) is 4.14. The number of rotatable bonds is 3. The van der Waals surface area contributed by atoms with Crippen LogP contribution in [0.5, 0.6) is 11.5 Å². The van der Waals surface area contributed by atoms with Crippen LogP contribution in [0.3, 0.4) is 0 Å². The highest BCUT2D eigenvalue weighted by molar-refractivity contribution is 5.89. The second-order valence-electron chi connectivity index (χ2n) is 4.14. The molecule has 2 N–H and O–H groups in total. The summed E-state index contributed by atoms with van der Waals surface area (Å²) in [5.74, 6) is 0.990. The van der Waals surface area contributed by atoms with E-state index in [4.69, 9.17) is 10.5 Å². The lowest BCUT2D eigenvalue weighted by Crippen LogP contribution is -2.00. The van der Waals surface area contributed by atoms with Crippen molar-refractivity contribution in [1.29, 1.82) is 0 Å². The van der Waals surface area contributed by atoms with E-state index in [1.807, 2.05) is 13.0 Å². The SMILES string of the molecule is COC(=O)c1ccc(Oc2ccc(N)c(C)c2)cc1. The average molecular weight is 257 g/mol. The first kappa shape index (κ1) is 13.0. The molecule has 0 heterocycles. The largest absolute Gasteiger partial charge is 0.465 e. The fourth-order valence-corrected chi connectivity index (χ4v) is 1.62. The number of anilines is 1. The Morgan fingerprint density at radius 3 is 2.26 bits per heavy atom. The van der Waals surface area contributed by atoms with Crippen molar-refractivity contribution >= 4 is 11.7 Å². The van der Waals surface area contributed by atoms with Crippen LogP contribution in [0.1, 0.15) is 15.9 Å². The van der Waals surface area contributed by atoms with Crippen LogP contribution in [0.2, 0.25) is 0 Å². The average Bonchev–Trinajstić information content (AvgIpc) is 2.43. The van der Waals surface area contributed by atoms with E-state index >= 15 is 0 Å². The molecule has 4 heteroatoms. The molecule has 2 rings (SSSR count). The maximum Gasteiger partial charge on any atom is 0.337 e. The van der Waals surface area contributed by atoms with Crippen LogP contribution >= 0.6 is 0 Å². The summed E-state index contributed by atoms with van der Waals surface area (Å²) in [6, 6.07) is 12.2. The van der Waals surface area contributed by atoms with Crippen molar-refractivity contribution in [3.8, 4) is 11.5 Å². The maximum atomic E-state index is 11.3. The molecule has 2 aromatic rings. The van der Waals surface area contributed by atoms with Gasteiger partial charge in [-0.1, -0.05) is 0 Å². The Kier molecular flexibility index (Phi) is 3.71. The van der Waals surface area contributed by atoms with Gasteiger partial charge in [-0.05, 0) is 55.0 Å². The van der Waals surface area contributed by atoms with Gasteiger partial charge in [0.2, 0.25) is 0 Å². The van der Waals surface area contributed by atoms with Gasteiger partial charge in [-0.25, -0.2) is 4.79 Å². The van der Waals surface area contributed by atoms with Crippen molar-refractivity contribution in [3.63, 3.8) is 0 Å². The summed E-state index contributed by atoms with van der Waals surface area (Å²) < 4.78 is 10.3. The Balaban J connectivity index is 2.15. The predicted octanol–water partition coefficient (Wildman–Crippen LogP) is 3.16. The molecule has 0 aliphatic rings. The molecule has 0 unspecified atom stereocenters. The molecule has 19 heavy (non-hydrogen) atoms. The van der Waals surface area contributed by atoms with E-state index in [0.717, 1.165) is 11.3 Å². The zero-order valence-electron chi connectivity index (χ0n) is 10.8. The fraction of sp³-hybridized carbons (Fsp3) is 0.133. The number of nitrogen functional groups attached to an aromatic ring is 1. The van der Waals surface area contributed by atoms with Crippen LogP contribution in [0, 0.1) is 6.92 Å². The number of ether oxygens (including phenoxy) is 2. The number of nitrogens with two attached hydrogens (primary N) is 1. The van der Waals surface area contributed by atoms with E-state index < -0.39 is 0 Å². The van der Waals surface area contributed by atoms with Gasteiger partial charge in [-0.2, -0.15) is 0 Å². The van der Waals surface area contributed by atoms with Gasteiger partial charge < -0.3 is 15.2 Å². The van der Waals surface area contributed by atoms with E-state index in [2.05, 4.69) is 4.74 Å². The van der Waals surface area contributed by atoms with E-state index in [1.54, 1.807) is 36.4 Å². The van der Waals surface area contributed by atoms with Crippen LogP contribution in [0.4, 0.5) is 5.69 Å². The quantitative estimate of drug-likeness (QED) is 0.677. The van der Waals surface area contributed by atoms with Gasteiger partial charge in [0.15, 0.2) is 0 Å². The molecular formula is C15H15NO3. The summed E-state index contributed by atoms with van der Waals surface area (Å²) in [6.07, 6.45) is 0. The highest BCUT2D eigenvalue weighted by atomic mass is 16.5. The summed E-state index contributed by atoms with van der Waals surface area (Å²) in [5.41, 5.74) is 7.92. The third kappa shape index (κ3) is 3.04. The lowest BCUT2D eigenvalue weighted by Gasteiger charge is -2.08. The first-order valence-electron chi connectivity index (χ1n) is 5.82. The molecule has 0 aromatic heterocycles. The molecule has 0 atom stereocenters. The normalized spacial score (nSPS) is 10.0. The summed E-state index contributed by atoms with van der Waals surface area (Å²) in [7, 11) is 1.35. The molecule has 0 bridgehead atoms. The molecule has 0 fully saturated rings. The molecule has 4 nitrogen and oxygen atoms in total. The van der Waals surface area contributed by atoms with Crippen molar-refractivity contribution in [2.45, 2.75) is 6.92 Å². The highest BCUT2D eigenvalue weighted by Gasteiger charge is 2.05. The van der Waals surface area contributed by atoms with Gasteiger partial charge in [-0.3, -0.25) is 0 Å². The van der Waals surface area contributed by atoms with Gasteiger partial charge in [0.1, 0.15) is 11.5 Å². The Bertz CT molecular complexity index is 591. The van der Waals surface area contributed by atoms with Gasteiger partial charge in [0, 0.05) is 5.69 Å². The van der Waals surface area contributed by atoms with Gasteiger partial charge in [-0.15, -0.1) is 0 Å². The zero-order valence-corrected chi connectivity index (χ0v) is 10.8. The number of aryl methyl sites for hydroxylation is 1. The second kappa shape index (κ2) is 5.44. The molecule has 0 aliphatic carbocycles. The van der Waals surface area contributed by atoms with Gasteiger partial charge in [0.05, 0.1) is 12.7 Å². The molecule has 0 amide bonds. The monoisotopic (exact) mass is 257 g/mol. The molecule has 0 saturated carbocycles. The molecule has 0 radical (unpaired) electrons. The van der Waals surface area contributed by atoms with E-state index in [1.165, 1.54) is 7.11 Å². The Morgan fingerprint density at radius 2 is 1.68 bits per heavy atom. The zero-order chi connectivity index (χ0) is 13.8. The predicted molar refractivity (Wildman–Crippen MR) is 73.4 cm³/mol. The number of carbonyl (C=O) groups excluding carboxylic acids is 1. The van der Waals surface area contributed by atoms with Crippen molar-refractivity contribution in [3.05, 3.63) is 53.6 Å². The van der Waals surface area contributed by atoms with Crippen molar-refractivity contribution in [2.24, 2.45) is 0 Å². The Labute approximate surface area is 111 Å². The third-order valence-corrected chi connectivity index (χ3v) is 2.75. The topological polar surface area (TPSA) is 61.5 Å². The molecule has 0 saturated heterocycles. The van der Waals surface area contributed by atoms with E-state index in [0.29, 0.717) is 17.1 Å². The summed E-state index contributed by atoms with van der Waals surface area (Å²) >= 11 is 0. The molecule has 98 valence electrons. The molecule has 2 aromatic carbocycles. The van der Waals surface area contributed by atoms with E-state index in [-0.39, 0.29) is 5.97 Å². The summed E-state index contributed by atoms with van der Waals surface area (Å²) in [4.78, 5) is 11.3. The van der Waals surface area contributed by atoms with Crippen molar-refractivity contribution < 1.29 is 14.3 Å². The lowest BCUT2D eigenvalue weighted by molar-refractivity contribution is 0.0600.